The van der Waals surface area contributed by atoms with E-state index in [0.29, 0.717) is 18.2 Å². The largest absolute Gasteiger partial charge is 0.372 e. The van der Waals surface area contributed by atoms with Crippen molar-refractivity contribution in [2.24, 2.45) is 0 Å². The van der Waals surface area contributed by atoms with E-state index in [-0.39, 0.29) is 5.82 Å². The van der Waals surface area contributed by atoms with Crippen LogP contribution >= 0.6 is 0 Å². The summed E-state index contributed by atoms with van der Waals surface area (Å²) in [4.78, 5) is 10.4. The van der Waals surface area contributed by atoms with Gasteiger partial charge in [0.15, 0.2) is 5.82 Å². The van der Waals surface area contributed by atoms with E-state index in [1.165, 1.54) is 12.1 Å². The zero-order valence-corrected chi connectivity index (χ0v) is 10.4. The predicted octanol–water partition coefficient (Wildman–Crippen LogP) is 2.82. The van der Waals surface area contributed by atoms with Gasteiger partial charge >= 0.3 is 0 Å². The Hall–Kier alpha value is -2.17. The van der Waals surface area contributed by atoms with E-state index in [1.54, 1.807) is 25.5 Å². The summed E-state index contributed by atoms with van der Waals surface area (Å²) in [6, 6.07) is 6.44. The SMILES string of the molecule is CCN(c1cccc(F)c1)c1cncc(NC)n1. The lowest BCUT2D eigenvalue weighted by Crippen LogP contribution is -2.18. The number of nitrogens with zero attached hydrogens (tertiary/aromatic N) is 3. The molecule has 0 fully saturated rings. The Labute approximate surface area is 105 Å². The van der Waals surface area contributed by atoms with Crippen LogP contribution in [-0.2, 0) is 0 Å². The van der Waals surface area contributed by atoms with Crippen molar-refractivity contribution in [3.05, 3.63) is 42.5 Å². The fraction of sp³-hybridized carbons (Fsp3) is 0.231. The van der Waals surface area contributed by atoms with E-state index >= 15 is 0 Å². The molecule has 0 amide bonds. The maximum Gasteiger partial charge on any atom is 0.153 e. The van der Waals surface area contributed by atoms with E-state index in [0.717, 1.165) is 5.69 Å². The first-order valence-corrected chi connectivity index (χ1v) is 5.77. The van der Waals surface area contributed by atoms with Crippen LogP contribution in [0.3, 0.4) is 0 Å². The number of aromatic nitrogens is 2. The van der Waals surface area contributed by atoms with Gasteiger partial charge in [0.1, 0.15) is 11.6 Å². The van der Waals surface area contributed by atoms with Crippen LogP contribution in [0.4, 0.5) is 21.7 Å². The number of nitrogens with one attached hydrogen (secondary N) is 1. The first kappa shape index (κ1) is 12.3. The molecule has 0 spiro atoms. The molecule has 1 N–H and O–H groups in total. The lowest BCUT2D eigenvalue weighted by molar-refractivity contribution is 0.627. The molecule has 5 heteroatoms. The quantitative estimate of drug-likeness (QED) is 0.900. The smallest absolute Gasteiger partial charge is 0.153 e. The number of halogens is 1. The second-order valence-corrected chi connectivity index (χ2v) is 3.74. The van der Waals surface area contributed by atoms with Crippen molar-refractivity contribution < 1.29 is 4.39 Å². The normalized spacial score (nSPS) is 10.2. The molecule has 1 aromatic heterocycles. The fourth-order valence-corrected chi connectivity index (χ4v) is 1.73. The van der Waals surface area contributed by atoms with Gasteiger partial charge < -0.3 is 10.2 Å². The minimum absolute atomic E-state index is 0.260. The summed E-state index contributed by atoms with van der Waals surface area (Å²) in [5.41, 5.74) is 0.764. The monoisotopic (exact) mass is 246 g/mol. The summed E-state index contributed by atoms with van der Waals surface area (Å²) in [5, 5.41) is 2.93. The van der Waals surface area contributed by atoms with Crippen LogP contribution in [0.5, 0.6) is 0 Å². The highest BCUT2D eigenvalue weighted by molar-refractivity contribution is 5.60. The fourth-order valence-electron chi connectivity index (χ4n) is 1.73. The summed E-state index contributed by atoms with van der Waals surface area (Å²) >= 11 is 0. The first-order chi connectivity index (χ1) is 8.74. The number of hydrogen-bond acceptors (Lipinski definition) is 4. The molecule has 0 saturated heterocycles. The maximum atomic E-state index is 13.2. The van der Waals surface area contributed by atoms with Gasteiger partial charge in [0.2, 0.25) is 0 Å². The van der Waals surface area contributed by atoms with Gasteiger partial charge in [-0.15, -0.1) is 0 Å². The van der Waals surface area contributed by atoms with Crippen LogP contribution in [-0.4, -0.2) is 23.6 Å². The van der Waals surface area contributed by atoms with Crippen molar-refractivity contribution in [3.63, 3.8) is 0 Å². The van der Waals surface area contributed by atoms with Crippen LogP contribution in [0, 0.1) is 5.82 Å². The number of anilines is 3. The third kappa shape index (κ3) is 2.56. The van der Waals surface area contributed by atoms with E-state index in [1.807, 2.05) is 17.9 Å². The minimum Gasteiger partial charge on any atom is -0.372 e. The Morgan fingerprint density at radius 1 is 1.33 bits per heavy atom. The molecular weight excluding hydrogens is 231 g/mol. The Balaban J connectivity index is 2.38. The topological polar surface area (TPSA) is 41.1 Å². The molecule has 0 aliphatic carbocycles. The molecule has 0 unspecified atom stereocenters. The summed E-state index contributed by atoms with van der Waals surface area (Å²) < 4.78 is 13.2. The molecule has 0 aliphatic heterocycles. The van der Waals surface area contributed by atoms with Crippen molar-refractivity contribution in [3.8, 4) is 0 Å². The second kappa shape index (κ2) is 5.44. The number of hydrogen-bond donors (Lipinski definition) is 1. The van der Waals surface area contributed by atoms with Gasteiger partial charge in [0.05, 0.1) is 12.4 Å². The highest BCUT2D eigenvalue weighted by atomic mass is 19.1. The van der Waals surface area contributed by atoms with Crippen LogP contribution in [0.15, 0.2) is 36.7 Å². The van der Waals surface area contributed by atoms with E-state index in [9.17, 15) is 4.39 Å². The molecule has 2 aromatic rings. The molecule has 0 radical (unpaired) electrons. The van der Waals surface area contributed by atoms with Crippen LogP contribution in [0.2, 0.25) is 0 Å². The molecule has 0 bridgehead atoms. The van der Waals surface area contributed by atoms with Gasteiger partial charge in [-0.3, -0.25) is 4.98 Å². The van der Waals surface area contributed by atoms with Gasteiger partial charge in [0, 0.05) is 19.3 Å². The summed E-state index contributed by atoms with van der Waals surface area (Å²) in [6.45, 7) is 2.67. The van der Waals surface area contributed by atoms with Gasteiger partial charge in [-0.05, 0) is 25.1 Å². The van der Waals surface area contributed by atoms with Crippen molar-refractivity contribution >= 4 is 17.3 Å². The third-order valence-electron chi connectivity index (χ3n) is 2.59. The maximum absolute atomic E-state index is 13.2. The Bertz CT molecular complexity index is 530. The molecule has 0 atom stereocenters. The molecule has 2 rings (SSSR count). The van der Waals surface area contributed by atoms with Crippen LogP contribution in [0.1, 0.15) is 6.92 Å². The number of rotatable bonds is 4. The minimum atomic E-state index is -0.260. The molecule has 94 valence electrons. The van der Waals surface area contributed by atoms with E-state index < -0.39 is 0 Å². The Morgan fingerprint density at radius 3 is 2.83 bits per heavy atom. The second-order valence-electron chi connectivity index (χ2n) is 3.74. The summed E-state index contributed by atoms with van der Waals surface area (Å²) in [7, 11) is 1.78. The van der Waals surface area contributed by atoms with E-state index in [4.69, 9.17) is 0 Å². The zero-order chi connectivity index (χ0) is 13.0. The summed E-state index contributed by atoms with van der Waals surface area (Å²) in [6.07, 6.45) is 3.30. The van der Waals surface area contributed by atoms with Gasteiger partial charge in [0.25, 0.3) is 0 Å². The van der Waals surface area contributed by atoms with Crippen molar-refractivity contribution in [1.82, 2.24) is 9.97 Å². The Kier molecular flexibility index (Phi) is 3.72. The molecule has 0 saturated carbocycles. The molecule has 0 aliphatic rings. The van der Waals surface area contributed by atoms with Crippen molar-refractivity contribution in [1.29, 1.82) is 0 Å². The average molecular weight is 246 g/mol. The predicted molar refractivity (Wildman–Crippen MR) is 70.7 cm³/mol. The highest BCUT2D eigenvalue weighted by Crippen LogP contribution is 2.23. The average Bonchev–Trinajstić information content (AvgIpc) is 2.40. The molecular formula is C13H15FN4. The molecule has 1 aromatic carbocycles. The van der Waals surface area contributed by atoms with Crippen LogP contribution < -0.4 is 10.2 Å². The zero-order valence-electron chi connectivity index (χ0n) is 10.4. The molecule has 4 nitrogen and oxygen atoms in total. The van der Waals surface area contributed by atoms with Crippen molar-refractivity contribution in [2.45, 2.75) is 6.92 Å². The third-order valence-corrected chi connectivity index (χ3v) is 2.59. The molecule has 1 heterocycles. The Morgan fingerprint density at radius 2 is 2.17 bits per heavy atom. The summed E-state index contributed by atoms with van der Waals surface area (Å²) in [5.74, 6) is 1.11. The number of benzene rings is 1. The van der Waals surface area contributed by atoms with Crippen LogP contribution in [0.25, 0.3) is 0 Å². The first-order valence-electron chi connectivity index (χ1n) is 5.77. The van der Waals surface area contributed by atoms with E-state index in [2.05, 4.69) is 15.3 Å². The van der Waals surface area contributed by atoms with Gasteiger partial charge in [-0.1, -0.05) is 6.07 Å². The van der Waals surface area contributed by atoms with Gasteiger partial charge in [-0.25, -0.2) is 9.37 Å². The van der Waals surface area contributed by atoms with Crippen molar-refractivity contribution in [2.75, 3.05) is 23.8 Å². The lowest BCUT2D eigenvalue weighted by atomic mass is 10.3. The molecule has 18 heavy (non-hydrogen) atoms. The lowest BCUT2D eigenvalue weighted by Gasteiger charge is -2.22. The highest BCUT2D eigenvalue weighted by Gasteiger charge is 2.10. The standard InChI is InChI=1S/C13H15FN4/c1-3-18(11-6-4-5-10(14)7-11)13-9-16-8-12(15-2)17-13/h4-9H,3H2,1-2H3,(H,15,17). The van der Waals surface area contributed by atoms with Gasteiger partial charge in [-0.2, -0.15) is 0 Å².